The maximum absolute atomic E-state index is 12.7. The number of carbonyl (C=O) groups excluding carboxylic acids is 2. The Labute approximate surface area is 172 Å². The number of hydrogen-bond acceptors (Lipinski definition) is 6. The van der Waals surface area contributed by atoms with Gasteiger partial charge in [0.1, 0.15) is 11.2 Å². The van der Waals surface area contributed by atoms with Gasteiger partial charge in [0, 0.05) is 28.8 Å². The average molecular weight is 413 g/mol. The third-order valence-electron chi connectivity index (χ3n) is 4.65. The van der Waals surface area contributed by atoms with E-state index in [2.05, 4.69) is 10.3 Å². The fraction of sp³-hybridized carbons (Fsp3) is 0.381. The lowest BCUT2D eigenvalue weighted by Gasteiger charge is -2.29. The molecule has 2 amide bonds. The van der Waals surface area contributed by atoms with Crippen LogP contribution in [0.4, 0.5) is 9.93 Å². The standard InChI is InChI=1S/C21H23N3O4S/c1-12-13-7-5-6-8-15(13)27-17(12)18(25)23-19-22-14-9-10-24(11-16(14)29-19)20(26)28-21(2,3)4/h5-8H,9-11H2,1-4H3,(H,22,23,25). The SMILES string of the molecule is Cc1c(C(=O)Nc2nc3c(s2)CN(C(=O)OC(C)(C)C)CC3)oc2ccccc12. The summed E-state index contributed by atoms with van der Waals surface area (Å²) in [4.78, 5) is 32.2. The maximum atomic E-state index is 12.7. The summed E-state index contributed by atoms with van der Waals surface area (Å²) >= 11 is 1.38. The number of ether oxygens (including phenoxy) is 1. The van der Waals surface area contributed by atoms with Crippen LogP contribution < -0.4 is 5.32 Å². The minimum Gasteiger partial charge on any atom is -0.451 e. The molecule has 3 aromatic rings. The van der Waals surface area contributed by atoms with Gasteiger partial charge in [-0.2, -0.15) is 0 Å². The predicted octanol–water partition coefficient (Wildman–Crippen LogP) is 4.74. The molecule has 29 heavy (non-hydrogen) atoms. The van der Waals surface area contributed by atoms with Crippen molar-refractivity contribution in [1.29, 1.82) is 0 Å². The van der Waals surface area contributed by atoms with E-state index in [1.807, 2.05) is 52.0 Å². The van der Waals surface area contributed by atoms with E-state index in [1.165, 1.54) is 11.3 Å². The first kappa shape index (κ1) is 19.4. The number of furan rings is 1. The van der Waals surface area contributed by atoms with Crippen LogP contribution >= 0.6 is 11.3 Å². The molecule has 1 aliphatic rings. The lowest BCUT2D eigenvalue weighted by molar-refractivity contribution is 0.0225. The molecule has 0 atom stereocenters. The minimum atomic E-state index is -0.533. The molecule has 0 aliphatic carbocycles. The average Bonchev–Trinajstić information content (AvgIpc) is 3.20. The molecule has 2 aromatic heterocycles. The van der Waals surface area contributed by atoms with Gasteiger partial charge in [-0.15, -0.1) is 0 Å². The molecule has 0 spiro atoms. The summed E-state index contributed by atoms with van der Waals surface area (Å²) in [5.41, 5.74) is 1.86. The smallest absolute Gasteiger partial charge is 0.410 e. The third-order valence-corrected chi connectivity index (χ3v) is 5.65. The molecule has 1 aromatic carbocycles. The van der Waals surface area contributed by atoms with Crippen LogP contribution in [0, 0.1) is 6.92 Å². The van der Waals surface area contributed by atoms with E-state index in [-0.39, 0.29) is 17.8 Å². The third kappa shape index (κ3) is 3.98. The Morgan fingerprint density at radius 2 is 2.03 bits per heavy atom. The summed E-state index contributed by atoms with van der Waals surface area (Å²) < 4.78 is 11.2. The van der Waals surface area contributed by atoms with Crippen molar-refractivity contribution in [2.75, 3.05) is 11.9 Å². The van der Waals surface area contributed by atoms with Gasteiger partial charge in [-0.1, -0.05) is 29.5 Å². The van der Waals surface area contributed by atoms with Gasteiger partial charge in [-0.05, 0) is 33.8 Å². The molecule has 0 radical (unpaired) electrons. The first-order chi connectivity index (χ1) is 13.7. The molecule has 1 N–H and O–H groups in total. The molecule has 8 heteroatoms. The molecule has 152 valence electrons. The zero-order chi connectivity index (χ0) is 20.8. The number of para-hydroxylation sites is 1. The van der Waals surface area contributed by atoms with Gasteiger partial charge in [0.15, 0.2) is 10.9 Å². The van der Waals surface area contributed by atoms with E-state index < -0.39 is 5.60 Å². The Bertz CT molecular complexity index is 1090. The second-order valence-electron chi connectivity index (χ2n) is 8.05. The molecular formula is C21H23N3O4S. The first-order valence-corrected chi connectivity index (χ1v) is 10.3. The van der Waals surface area contributed by atoms with Crippen LogP contribution in [0.25, 0.3) is 11.0 Å². The number of aryl methyl sites for hydroxylation is 1. The van der Waals surface area contributed by atoms with Crippen molar-refractivity contribution in [1.82, 2.24) is 9.88 Å². The molecule has 7 nitrogen and oxygen atoms in total. The van der Waals surface area contributed by atoms with Crippen LogP contribution in [-0.2, 0) is 17.7 Å². The van der Waals surface area contributed by atoms with Crippen LogP contribution in [0.2, 0.25) is 0 Å². The quantitative estimate of drug-likeness (QED) is 0.656. The van der Waals surface area contributed by atoms with Crippen molar-refractivity contribution < 1.29 is 18.7 Å². The Kier molecular flexibility index (Phi) is 4.82. The van der Waals surface area contributed by atoms with Crippen molar-refractivity contribution in [2.24, 2.45) is 0 Å². The molecule has 0 saturated carbocycles. The Hall–Kier alpha value is -2.87. The molecule has 0 fully saturated rings. The number of aromatic nitrogens is 1. The minimum absolute atomic E-state index is 0.287. The summed E-state index contributed by atoms with van der Waals surface area (Å²) in [6, 6.07) is 7.56. The van der Waals surface area contributed by atoms with Crippen LogP contribution in [0.3, 0.4) is 0 Å². The Morgan fingerprint density at radius 3 is 2.76 bits per heavy atom. The van der Waals surface area contributed by atoms with Gasteiger partial charge in [-0.25, -0.2) is 9.78 Å². The number of rotatable bonds is 2. The van der Waals surface area contributed by atoms with E-state index in [4.69, 9.17) is 9.15 Å². The van der Waals surface area contributed by atoms with E-state index >= 15 is 0 Å². The Morgan fingerprint density at radius 1 is 1.28 bits per heavy atom. The number of benzene rings is 1. The maximum Gasteiger partial charge on any atom is 0.410 e. The number of anilines is 1. The van der Waals surface area contributed by atoms with Crippen molar-refractivity contribution in [3.8, 4) is 0 Å². The van der Waals surface area contributed by atoms with Crippen LogP contribution in [0.15, 0.2) is 28.7 Å². The molecule has 4 rings (SSSR count). The summed E-state index contributed by atoms with van der Waals surface area (Å²) in [5.74, 6) is -0.0384. The molecular weight excluding hydrogens is 390 g/mol. The van der Waals surface area contributed by atoms with Gasteiger partial charge in [0.2, 0.25) is 0 Å². The highest BCUT2D eigenvalue weighted by molar-refractivity contribution is 7.15. The monoisotopic (exact) mass is 413 g/mol. The second-order valence-corrected chi connectivity index (χ2v) is 9.13. The fourth-order valence-corrected chi connectivity index (χ4v) is 4.29. The van der Waals surface area contributed by atoms with Gasteiger partial charge >= 0.3 is 6.09 Å². The number of nitrogens with one attached hydrogen (secondary N) is 1. The van der Waals surface area contributed by atoms with Crippen molar-refractivity contribution in [2.45, 2.75) is 46.3 Å². The first-order valence-electron chi connectivity index (χ1n) is 9.47. The highest BCUT2D eigenvalue weighted by Crippen LogP contribution is 2.30. The van der Waals surface area contributed by atoms with E-state index in [1.54, 1.807) is 4.90 Å². The number of thiazole rings is 1. The van der Waals surface area contributed by atoms with Crippen molar-refractivity contribution >= 4 is 39.4 Å². The Balaban J connectivity index is 1.48. The van der Waals surface area contributed by atoms with Gasteiger partial charge in [0.25, 0.3) is 5.91 Å². The van der Waals surface area contributed by atoms with E-state index in [0.29, 0.717) is 30.2 Å². The van der Waals surface area contributed by atoms with Gasteiger partial charge < -0.3 is 14.1 Å². The highest BCUT2D eigenvalue weighted by atomic mass is 32.1. The number of carbonyl (C=O) groups is 2. The molecule has 0 saturated heterocycles. The van der Waals surface area contributed by atoms with Crippen molar-refractivity contribution in [3.63, 3.8) is 0 Å². The zero-order valence-electron chi connectivity index (χ0n) is 16.9. The summed E-state index contributed by atoms with van der Waals surface area (Å²) in [6.07, 6.45) is 0.296. The summed E-state index contributed by atoms with van der Waals surface area (Å²) in [5, 5.41) is 4.27. The van der Waals surface area contributed by atoms with Gasteiger partial charge in [-0.3, -0.25) is 10.1 Å². The summed E-state index contributed by atoms with van der Waals surface area (Å²) in [6.45, 7) is 8.39. The number of fused-ring (bicyclic) bond motifs is 2. The number of hydrogen-bond donors (Lipinski definition) is 1. The number of nitrogens with zero attached hydrogens (tertiary/aromatic N) is 2. The van der Waals surface area contributed by atoms with Crippen molar-refractivity contribution in [3.05, 3.63) is 46.2 Å². The van der Waals surface area contributed by atoms with E-state index in [0.717, 1.165) is 21.5 Å². The molecule has 0 unspecified atom stereocenters. The largest absolute Gasteiger partial charge is 0.451 e. The summed E-state index contributed by atoms with van der Waals surface area (Å²) in [7, 11) is 0. The highest BCUT2D eigenvalue weighted by Gasteiger charge is 2.28. The van der Waals surface area contributed by atoms with Crippen LogP contribution in [-0.4, -0.2) is 34.0 Å². The zero-order valence-corrected chi connectivity index (χ0v) is 17.7. The van der Waals surface area contributed by atoms with Crippen LogP contribution in [0.5, 0.6) is 0 Å². The van der Waals surface area contributed by atoms with Gasteiger partial charge in [0.05, 0.1) is 12.2 Å². The lowest BCUT2D eigenvalue weighted by atomic mass is 10.1. The predicted molar refractivity (Wildman–Crippen MR) is 111 cm³/mol. The second kappa shape index (κ2) is 7.18. The fourth-order valence-electron chi connectivity index (χ4n) is 3.28. The topological polar surface area (TPSA) is 84.7 Å². The lowest BCUT2D eigenvalue weighted by Crippen LogP contribution is -2.39. The van der Waals surface area contributed by atoms with E-state index in [9.17, 15) is 9.59 Å². The molecule has 0 bridgehead atoms. The number of amides is 2. The molecule has 3 heterocycles. The molecule has 1 aliphatic heterocycles. The van der Waals surface area contributed by atoms with Crippen LogP contribution in [0.1, 0.15) is 47.5 Å². The normalized spacial score (nSPS) is 14.0.